The number of ether oxygens (including phenoxy) is 2. The van der Waals surface area contributed by atoms with Crippen molar-refractivity contribution in [3.63, 3.8) is 0 Å². The molecular weight excluding hydrogens is 439 g/mol. The van der Waals surface area contributed by atoms with Crippen LogP contribution in [0.15, 0.2) is 24.3 Å². The fourth-order valence-corrected chi connectivity index (χ4v) is 1.63. The number of hydrogen-bond donors (Lipinski definition) is 3. The summed E-state index contributed by atoms with van der Waals surface area (Å²) >= 11 is 0. The minimum atomic E-state index is -4.64. The minimum absolute atomic E-state index is 0. The van der Waals surface area contributed by atoms with E-state index < -0.39 is 7.82 Å². The van der Waals surface area contributed by atoms with Crippen molar-refractivity contribution in [2.45, 2.75) is 65.2 Å². The van der Waals surface area contributed by atoms with Crippen molar-refractivity contribution in [1.29, 1.82) is 0 Å². The maximum absolute atomic E-state index is 10.8. The van der Waals surface area contributed by atoms with Gasteiger partial charge in [-0.05, 0) is 26.7 Å². The number of carbonyl (C=O) groups excluding carboxylic acids is 2. The molecule has 0 rings (SSSR count). The molecule has 0 heterocycles. The van der Waals surface area contributed by atoms with Crippen molar-refractivity contribution in [3.05, 3.63) is 38.2 Å². The first-order chi connectivity index (χ1) is 13.6. The van der Waals surface area contributed by atoms with Crippen LogP contribution in [0, 0.1) is 13.8 Å². The van der Waals surface area contributed by atoms with E-state index in [0.29, 0.717) is 13.2 Å². The predicted molar refractivity (Wildman–Crippen MR) is 119 cm³/mol. The molecule has 0 aliphatic rings. The molecule has 0 atom stereocenters. The van der Waals surface area contributed by atoms with E-state index in [1.165, 1.54) is 12.2 Å². The number of esters is 2. The van der Waals surface area contributed by atoms with Crippen LogP contribution in [0.25, 0.3) is 0 Å². The van der Waals surface area contributed by atoms with E-state index >= 15 is 0 Å². The van der Waals surface area contributed by atoms with Gasteiger partial charge in [-0.2, -0.15) is 12.8 Å². The Bertz CT molecular complexity index is 447. The Morgan fingerprint density at radius 1 is 0.767 bits per heavy atom. The first-order valence-electron chi connectivity index (χ1n) is 9.58. The van der Waals surface area contributed by atoms with E-state index in [1.807, 2.05) is 0 Å². The third-order valence-electron chi connectivity index (χ3n) is 2.88. The summed E-state index contributed by atoms with van der Waals surface area (Å²) in [6, 6.07) is 0. The van der Waals surface area contributed by atoms with Crippen LogP contribution in [-0.2, 0) is 23.6 Å². The van der Waals surface area contributed by atoms with Crippen molar-refractivity contribution in [1.82, 2.24) is 0 Å². The van der Waals surface area contributed by atoms with Gasteiger partial charge in [-0.25, -0.2) is 14.2 Å². The molecule has 0 aromatic rings. The van der Waals surface area contributed by atoms with Gasteiger partial charge in [0.2, 0.25) is 0 Å². The molecule has 3 N–H and O–H groups in total. The molecular formula is C20H37CaO8P. The van der Waals surface area contributed by atoms with Gasteiger partial charge in [-0.15, -0.1) is 0 Å². The van der Waals surface area contributed by atoms with Gasteiger partial charge in [0.1, 0.15) is 0 Å². The first-order valence-corrected chi connectivity index (χ1v) is 11.1. The van der Waals surface area contributed by atoms with E-state index in [0.717, 1.165) is 51.4 Å². The van der Waals surface area contributed by atoms with Gasteiger partial charge in [0.05, 0.1) is 13.2 Å². The minimum Gasteiger partial charge on any atom is -0.463 e. The maximum Gasteiger partial charge on any atom is 2.00 e. The van der Waals surface area contributed by atoms with Gasteiger partial charge in [-0.3, -0.25) is 0 Å². The molecule has 0 aromatic carbocycles. The van der Waals surface area contributed by atoms with Crippen molar-refractivity contribution in [2.24, 2.45) is 0 Å². The van der Waals surface area contributed by atoms with Gasteiger partial charge in [-0.1, -0.05) is 37.8 Å². The standard InChI is InChI=1S/2C10H17O2.Ca.H3O4P/c2*1-3-5-6-7-9-12-10(11)8-4-2;;1-5(2,3)4/h2*4,8H,1,3,5-7,9H2,2H3;;(H3,1,2,3,4)/q2*-1;+2;. The van der Waals surface area contributed by atoms with Gasteiger partial charge in [0, 0.05) is 12.2 Å². The Balaban J connectivity index is -0.000000180. The zero-order valence-corrected chi connectivity index (χ0v) is 21.4. The molecule has 8 nitrogen and oxygen atoms in total. The van der Waals surface area contributed by atoms with Gasteiger partial charge < -0.3 is 38.0 Å². The van der Waals surface area contributed by atoms with Crippen molar-refractivity contribution >= 4 is 57.5 Å². The number of allylic oxidation sites excluding steroid dienone is 2. The Labute approximate surface area is 211 Å². The van der Waals surface area contributed by atoms with E-state index in [4.69, 9.17) is 28.7 Å². The molecule has 30 heavy (non-hydrogen) atoms. The number of carbonyl (C=O) groups is 2. The molecule has 0 bridgehead atoms. The first kappa shape index (κ1) is 37.1. The third-order valence-corrected chi connectivity index (χ3v) is 2.88. The molecule has 0 aromatic heterocycles. The normalized spacial score (nSPS) is 10.4. The second-order valence-electron chi connectivity index (χ2n) is 5.68. The molecule has 0 unspecified atom stereocenters. The molecule has 0 saturated carbocycles. The van der Waals surface area contributed by atoms with Crippen LogP contribution in [0.4, 0.5) is 0 Å². The van der Waals surface area contributed by atoms with E-state index in [2.05, 4.69) is 13.8 Å². The smallest absolute Gasteiger partial charge is 0.463 e. The zero-order chi connectivity index (χ0) is 23.0. The molecule has 0 amide bonds. The average molecular weight is 477 g/mol. The molecule has 0 radical (unpaired) electrons. The third kappa shape index (κ3) is 50.9. The summed E-state index contributed by atoms with van der Waals surface area (Å²) in [5.41, 5.74) is 0. The Morgan fingerprint density at radius 2 is 1.07 bits per heavy atom. The Hall–Kier alpha value is -0.210. The number of unbranched alkanes of at least 4 members (excludes halogenated alkanes) is 6. The predicted octanol–water partition coefficient (Wildman–Crippen LogP) is 3.69. The molecule has 0 aliphatic carbocycles. The molecule has 0 spiro atoms. The van der Waals surface area contributed by atoms with Crippen LogP contribution in [0.5, 0.6) is 0 Å². The van der Waals surface area contributed by atoms with E-state index in [-0.39, 0.29) is 49.7 Å². The largest absolute Gasteiger partial charge is 2.00 e. The fraction of sp³-hybridized carbons (Fsp3) is 0.600. The SMILES string of the molecule is O=P(O)(O)O.[CH2-]CCCCCOC(=O)C=CC.[CH2-]CCCCCOC(=O)C=CC.[Ca+2]. The molecule has 0 aliphatic heterocycles. The molecule has 0 saturated heterocycles. The quantitative estimate of drug-likeness (QED) is 0.0971. The zero-order valence-electron chi connectivity index (χ0n) is 18.3. The second kappa shape index (κ2) is 28.8. The number of phosphoric acid groups is 1. The number of rotatable bonds is 12. The second-order valence-corrected chi connectivity index (χ2v) is 6.70. The van der Waals surface area contributed by atoms with Crippen LogP contribution < -0.4 is 0 Å². The van der Waals surface area contributed by atoms with Crippen LogP contribution in [0.2, 0.25) is 0 Å². The van der Waals surface area contributed by atoms with Crippen molar-refractivity contribution in [2.75, 3.05) is 13.2 Å². The summed E-state index contributed by atoms with van der Waals surface area (Å²) in [5.74, 6) is -0.487. The van der Waals surface area contributed by atoms with Crippen LogP contribution in [-0.4, -0.2) is 77.6 Å². The van der Waals surface area contributed by atoms with Gasteiger partial charge in [0.25, 0.3) is 0 Å². The van der Waals surface area contributed by atoms with Gasteiger partial charge >= 0.3 is 57.5 Å². The summed E-state index contributed by atoms with van der Waals surface area (Å²) in [7, 11) is -4.64. The molecule has 0 fully saturated rings. The summed E-state index contributed by atoms with van der Waals surface area (Å²) in [4.78, 5) is 43.1. The average Bonchev–Trinajstić information content (AvgIpc) is 2.61. The summed E-state index contributed by atoms with van der Waals surface area (Å²) in [6.07, 6.45) is 14.4. The molecule has 172 valence electrons. The Kier molecular flexibility index (Phi) is 35.6. The summed E-state index contributed by atoms with van der Waals surface area (Å²) in [5, 5.41) is 0. The van der Waals surface area contributed by atoms with Gasteiger partial charge in [0.15, 0.2) is 0 Å². The van der Waals surface area contributed by atoms with Crippen LogP contribution in [0.3, 0.4) is 0 Å². The molecule has 10 heteroatoms. The topological polar surface area (TPSA) is 130 Å². The Morgan fingerprint density at radius 3 is 1.30 bits per heavy atom. The van der Waals surface area contributed by atoms with E-state index in [1.54, 1.807) is 26.0 Å². The maximum atomic E-state index is 10.8. The monoisotopic (exact) mass is 476 g/mol. The summed E-state index contributed by atoms with van der Waals surface area (Å²) in [6.45, 7) is 12.1. The summed E-state index contributed by atoms with van der Waals surface area (Å²) < 4.78 is 18.6. The van der Waals surface area contributed by atoms with Crippen molar-refractivity contribution in [3.8, 4) is 0 Å². The fourth-order valence-electron chi connectivity index (χ4n) is 1.63. The van der Waals surface area contributed by atoms with E-state index in [9.17, 15) is 9.59 Å². The van der Waals surface area contributed by atoms with Crippen LogP contribution >= 0.6 is 7.82 Å². The van der Waals surface area contributed by atoms with Crippen molar-refractivity contribution < 1.29 is 38.3 Å². The number of hydrogen-bond acceptors (Lipinski definition) is 5. The van der Waals surface area contributed by atoms with Crippen LogP contribution in [0.1, 0.15) is 65.2 Å².